The highest BCUT2D eigenvalue weighted by Gasteiger charge is 2.25. The predicted molar refractivity (Wildman–Crippen MR) is 73.6 cm³/mol. The van der Waals surface area contributed by atoms with Gasteiger partial charge >= 0.3 is 0 Å². The Balaban J connectivity index is 2.27. The highest BCUT2D eigenvalue weighted by Crippen LogP contribution is 2.21. The summed E-state index contributed by atoms with van der Waals surface area (Å²) < 4.78 is 1.87. The van der Waals surface area contributed by atoms with E-state index < -0.39 is 8.07 Å². The van der Waals surface area contributed by atoms with Gasteiger partial charge in [-0.15, -0.1) is 0 Å². The van der Waals surface area contributed by atoms with Gasteiger partial charge in [0.05, 0.1) is 10.0 Å². The maximum atomic E-state index is 6.06. The Hall–Kier alpha value is -0.843. The molecule has 2 rings (SSSR count). The summed E-state index contributed by atoms with van der Waals surface area (Å²) in [6.45, 7) is 4.54. The number of halogens is 2. The average molecular weight is 286 g/mol. The zero-order valence-corrected chi connectivity index (χ0v) is 12.2. The van der Waals surface area contributed by atoms with Crippen molar-refractivity contribution in [2.45, 2.75) is 19.3 Å². The molecule has 1 aromatic heterocycles. The number of aromatic nitrogens is 3. The van der Waals surface area contributed by atoms with E-state index in [4.69, 9.17) is 23.2 Å². The van der Waals surface area contributed by atoms with E-state index in [1.54, 1.807) is 12.7 Å². The third-order valence-corrected chi connectivity index (χ3v) is 6.45. The van der Waals surface area contributed by atoms with Gasteiger partial charge in [-0.05, 0) is 12.1 Å². The highest BCUT2D eigenvalue weighted by molar-refractivity contribution is 6.89. The fraction of sp³-hybridized carbons (Fsp3) is 0.273. The highest BCUT2D eigenvalue weighted by atomic mass is 35.5. The zero-order chi connectivity index (χ0) is 12.5. The maximum Gasteiger partial charge on any atom is 0.137 e. The second-order valence-electron chi connectivity index (χ2n) is 4.61. The van der Waals surface area contributed by atoms with E-state index in [-0.39, 0.29) is 0 Å². The van der Waals surface area contributed by atoms with Crippen molar-refractivity contribution < 1.29 is 0 Å². The van der Waals surface area contributed by atoms with Crippen LogP contribution in [0, 0.1) is 0 Å². The Morgan fingerprint density at radius 1 is 1.24 bits per heavy atom. The SMILES string of the molecule is C[Si](C)(Cn1cncn1)c1ccc(Cl)c(Cl)c1. The first-order valence-corrected chi connectivity index (χ1v) is 9.23. The lowest BCUT2D eigenvalue weighted by Gasteiger charge is -2.22. The molecule has 6 heteroatoms. The number of hydrogen-bond acceptors (Lipinski definition) is 2. The molecule has 0 spiro atoms. The van der Waals surface area contributed by atoms with Crippen LogP contribution in [-0.4, -0.2) is 22.8 Å². The Morgan fingerprint density at radius 2 is 2.00 bits per heavy atom. The minimum atomic E-state index is -1.62. The quantitative estimate of drug-likeness (QED) is 0.812. The van der Waals surface area contributed by atoms with Crippen molar-refractivity contribution in [3.8, 4) is 0 Å². The summed E-state index contributed by atoms with van der Waals surface area (Å²) in [4.78, 5) is 3.96. The first-order chi connectivity index (χ1) is 7.99. The van der Waals surface area contributed by atoms with E-state index in [0.29, 0.717) is 10.0 Å². The molecule has 0 bridgehead atoms. The average Bonchev–Trinajstić information content (AvgIpc) is 2.73. The number of hydrogen-bond donors (Lipinski definition) is 0. The minimum Gasteiger partial charge on any atom is -0.256 e. The van der Waals surface area contributed by atoms with Gasteiger partial charge in [0.2, 0.25) is 0 Å². The largest absolute Gasteiger partial charge is 0.256 e. The van der Waals surface area contributed by atoms with Crippen molar-refractivity contribution in [1.82, 2.24) is 14.8 Å². The second kappa shape index (κ2) is 4.80. The van der Waals surface area contributed by atoms with Crippen LogP contribution < -0.4 is 5.19 Å². The lowest BCUT2D eigenvalue weighted by atomic mass is 10.4. The summed E-state index contributed by atoms with van der Waals surface area (Å²) >= 11 is 12.0. The van der Waals surface area contributed by atoms with Gasteiger partial charge in [0, 0.05) is 6.17 Å². The van der Waals surface area contributed by atoms with E-state index in [9.17, 15) is 0 Å². The van der Waals surface area contributed by atoms with Gasteiger partial charge in [-0.2, -0.15) is 5.10 Å². The monoisotopic (exact) mass is 285 g/mol. The Morgan fingerprint density at radius 3 is 2.59 bits per heavy atom. The molecule has 1 heterocycles. The number of nitrogens with zero attached hydrogens (tertiary/aromatic N) is 3. The normalized spacial score (nSPS) is 11.8. The van der Waals surface area contributed by atoms with Crippen LogP contribution in [-0.2, 0) is 6.17 Å². The van der Waals surface area contributed by atoms with Crippen LogP contribution >= 0.6 is 23.2 Å². The van der Waals surface area contributed by atoms with Gasteiger partial charge in [0.1, 0.15) is 20.7 Å². The predicted octanol–water partition coefficient (Wildman–Crippen LogP) is 2.74. The van der Waals surface area contributed by atoms with Gasteiger partial charge in [0.15, 0.2) is 0 Å². The summed E-state index contributed by atoms with van der Waals surface area (Å²) in [5.41, 5.74) is 0. The third-order valence-electron chi connectivity index (χ3n) is 2.72. The van der Waals surface area contributed by atoms with E-state index in [1.807, 2.05) is 16.8 Å². The van der Waals surface area contributed by atoms with Crippen molar-refractivity contribution >= 4 is 36.5 Å². The smallest absolute Gasteiger partial charge is 0.137 e. The molecule has 0 amide bonds. The summed E-state index contributed by atoms with van der Waals surface area (Å²) in [5.74, 6) is 0. The molecular formula is C11H13Cl2N3Si. The van der Waals surface area contributed by atoms with Crippen molar-refractivity contribution in [1.29, 1.82) is 0 Å². The van der Waals surface area contributed by atoms with E-state index >= 15 is 0 Å². The summed E-state index contributed by atoms with van der Waals surface area (Å²) in [6, 6.07) is 5.87. The van der Waals surface area contributed by atoms with Crippen molar-refractivity contribution in [3.05, 3.63) is 40.9 Å². The van der Waals surface area contributed by atoms with Crippen LogP contribution in [0.2, 0.25) is 23.1 Å². The molecule has 0 N–H and O–H groups in total. The van der Waals surface area contributed by atoms with Crippen molar-refractivity contribution in [2.75, 3.05) is 0 Å². The standard InChI is InChI=1S/C11H13Cl2N3Si/c1-17(2,8-16-7-14-6-15-16)9-3-4-10(12)11(13)5-9/h3-7H,8H2,1-2H3. The lowest BCUT2D eigenvalue weighted by molar-refractivity contribution is 0.725. The number of rotatable bonds is 3. The molecule has 0 saturated heterocycles. The molecule has 3 nitrogen and oxygen atoms in total. The minimum absolute atomic E-state index is 0.598. The van der Waals surface area contributed by atoms with Crippen LogP contribution in [0.25, 0.3) is 0 Å². The fourth-order valence-electron chi connectivity index (χ4n) is 1.73. The molecular weight excluding hydrogens is 273 g/mol. The summed E-state index contributed by atoms with van der Waals surface area (Å²) in [7, 11) is -1.62. The van der Waals surface area contributed by atoms with Crippen molar-refractivity contribution in [2.24, 2.45) is 0 Å². The van der Waals surface area contributed by atoms with E-state index in [0.717, 1.165) is 6.17 Å². The second-order valence-corrected chi connectivity index (χ2v) is 10.1. The molecule has 2 aromatic rings. The van der Waals surface area contributed by atoms with Crippen LogP contribution in [0.15, 0.2) is 30.9 Å². The summed E-state index contributed by atoms with van der Waals surface area (Å²) in [5, 5.41) is 6.63. The van der Waals surface area contributed by atoms with Gasteiger partial charge in [-0.1, -0.05) is 47.5 Å². The molecule has 0 aliphatic heterocycles. The van der Waals surface area contributed by atoms with E-state index in [2.05, 4.69) is 29.2 Å². The van der Waals surface area contributed by atoms with Crippen molar-refractivity contribution in [3.63, 3.8) is 0 Å². The van der Waals surface area contributed by atoms with Gasteiger partial charge < -0.3 is 0 Å². The first-order valence-electron chi connectivity index (χ1n) is 5.27. The van der Waals surface area contributed by atoms with Crippen LogP contribution in [0.4, 0.5) is 0 Å². The zero-order valence-electron chi connectivity index (χ0n) is 9.69. The van der Waals surface area contributed by atoms with Gasteiger partial charge in [-0.3, -0.25) is 4.68 Å². The molecule has 0 saturated carbocycles. The van der Waals surface area contributed by atoms with E-state index in [1.165, 1.54) is 5.19 Å². The van der Waals surface area contributed by atoms with Crippen LogP contribution in [0.1, 0.15) is 0 Å². The Labute approximate surface area is 111 Å². The fourth-order valence-corrected chi connectivity index (χ4v) is 4.34. The molecule has 0 radical (unpaired) electrons. The molecule has 1 aromatic carbocycles. The van der Waals surface area contributed by atoms with Gasteiger partial charge in [-0.25, -0.2) is 4.98 Å². The number of benzene rings is 1. The molecule has 0 fully saturated rings. The first kappa shape index (κ1) is 12.6. The van der Waals surface area contributed by atoms with Crippen LogP contribution in [0.5, 0.6) is 0 Å². The Kier molecular flexibility index (Phi) is 3.56. The summed E-state index contributed by atoms with van der Waals surface area (Å²) in [6.07, 6.45) is 4.18. The molecule has 17 heavy (non-hydrogen) atoms. The molecule has 0 unspecified atom stereocenters. The molecule has 0 atom stereocenters. The molecule has 0 aliphatic rings. The molecule has 90 valence electrons. The lowest BCUT2D eigenvalue weighted by Crippen LogP contribution is -2.46. The maximum absolute atomic E-state index is 6.06. The molecule has 0 aliphatic carbocycles. The third kappa shape index (κ3) is 2.88. The van der Waals surface area contributed by atoms with Crippen LogP contribution in [0.3, 0.4) is 0 Å². The topological polar surface area (TPSA) is 30.7 Å². The Bertz CT molecular complexity index is 511. The van der Waals surface area contributed by atoms with Gasteiger partial charge in [0.25, 0.3) is 0 Å².